The molecule has 23 heavy (non-hydrogen) atoms. The molecule has 0 heterocycles. The molecule has 0 saturated carbocycles. The fourth-order valence-corrected chi connectivity index (χ4v) is 3.08. The summed E-state index contributed by atoms with van der Waals surface area (Å²) in [6.45, 7) is 3.87. The lowest BCUT2D eigenvalue weighted by atomic mass is 10.0. The van der Waals surface area contributed by atoms with Crippen LogP contribution in [0.15, 0.2) is 29.2 Å². The Morgan fingerprint density at radius 1 is 1.17 bits per heavy atom. The zero-order valence-corrected chi connectivity index (χ0v) is 14.0. The average molecular weight is 342 g/mol. The minimum Gasteiger partial charge on any atom is -0.481 e. The molecule has 0 aliphatic rings. The summed E-state index contributed by atoms with van der Waals surface area (Å²) in [5, 5.41) is 11.6. The highest BCUT2D eigenvalue weighted by Crippen LogP contribution is 2.11. The molecule has 0 aromatic heterocycles. The average Bonchev–Trinajstić information content (AvgIpc) is 2.51. The van der Waals surface area contributed by atoms with Crippen LogP contribution in [-0.4, -0.2) is 38.5 Å². The van der Waals surface area contributed by atoms with Gasteiger partial charge in [-0.15, -0.1) is 0 Å². The van der Waals surface area contributed by atoms with E-state index in [1.807, 2.05) is 6.92 Å². The van der Waals surface area contributed by atoms with Crippen LogP contribution in [-0.2, 0) is 14.8 Å². The van der Waals surface area contributed by atoms with Crippen molar-refractivity contribution in [1.82, 2.24) is 10.0 Å². The van der Waals surface area contributed by atoms with E-state index >= 15 is 0 Å². The summed E-state index contributed by atoms with van der Waals surface area (Å²) in [5.74, 6) is -2.00. The van der Waals surface area contributed by atoms with E-state index in [9.17, 15) is 18.0 Å². The topological polar surface area (TPSA) is 113 Å². The van der Waals surface area contributed by atoms with Crippen LogP contribution in [0.25, 0.3) is 0 Å². The van der Waals surface area contributed by atoms with Crippen molar-refractivity contribution < 1.29 is 23.1 Å². The highest BCUT2D eigenvalue weighted by atomic mass is 32.2. The molecule has 0 saturated heterocycles. The van der Waals surface area contributed by atoms with E-state index in [2.05, 4.69) is 10.0 Å². The van der Waals surface area contributed by atoms with E-state index in [4.69, 9.17) is 5.11 Å². The van der Waals surface area contributed by atoms with Gasteiger partial charge in [0, 0.05) is 18.7 Å². The molecule has 3 N–H and O–H groups in total. The fraction of sp³-hybridized carbons (Fsp3) is 0.467. The molecule has 0 radical (unpaired) electrons. The number of carboxylic acid groups (broad SMARTS) is 1. The first-order valence-electron chi connectivity index (χ1n) is 7.42. The Bertz CT molecular complexity index is 640. The standard InChI is InChI=1S/C15H22N2O5S/c1-3-5-12(15(19)20)10-16-14(18)11-6-8-13(9-7-11)23(21,22)17-4-2/h6-9,12,17H,3-5,10H2,1-2H3,(H,16,18)(H,19,20). The molecule has 128 valence electrons. The molecule has 0 aliphatic carbocycles. The van der Waals surface area contributed by atoms with Gasteiger partial charge in [-0.25, -0.2) is 13.1 Å². The third kappa shape index (κ3) is 5.65. The van der Waals surface area contributed by atoms with Gasteiger partial charge in [0.1, 0.15) is 0 Å². The van der Waals surface area contributed by atoms with Crippen LogP contribution in [0.5, 0.6) is 0 Å². The zero-order chi connectivity index (χ0) is 17.5. The Morgan fingerprint density at radius 2 is 1.78 bits per heavy atom. The van der Waals surface area contributed by atoms with Gasteiger partial charge in [-0.1, -0.05) is 20.3 Å². The van der Waals surface area contributed by atoms with Crippen LogP contribution < -0.4 is 10.0 Å². The monoisotopic (exact) mass is 342 g/mol. The molecule has 0 fully saturated rings. The molecular weight excluding hydrogens is 320 g/mol. The minimum atomic E-state index is -3.56. The summed E-state index contributed by atoms with van der Waals surface area (Å²) in [5.41, 5.74) is 0.279. The van der Waals surface area contributed by atoms with Gasteiger partial charge in [0.25, 0.3) is 5.91 Å². The number of rotatable bonds is 9. The summed E-state index contributed by atoms with van der Waals surface area (Å²) in [6, 6.07) is 5.48. The lowest BCUT2D eigenvalue weighted by Gasteiger charge is -2.12. The van der Waals surface area contributed by atoms with E-state index in [1.54, 1.807) is 6.92 Å². The molecule has 1 atom stereocenters. The smallest absolute Gasteiger partial charge is 0.308 e. The Morgan fingerprint density at radius 3 is 2.26 bits per heavy atom. The lowest BCUT2D eigenvalue weighted by molar-refractivity contribution is -0.141. The van der Waals surface area contributed by atoms with Crippen LogP contribution in [0.4, 0.5) is 0 Å². The van der Waals surface area contributed by atoms with Crippen molar-refractivity contribution in [3.05, 3.63) is 29.8 Å². The van der Waals surface area contributed by atoms with Gasteiger partial charge in [0.15, 0.2) is 0 Å². The second kappa shape index (κ2) is 8.64. The van der Waals surface area contributed by atoms with Crippen molar-refractivity contribution in [2.75, 3.05) is 13.1 Å². The highest BCUT2D eigenvalue weighted by molar-refractivity contribution is 7.89. The minimum absolute atomic E-state index is 0.0411. The van der Waals surface area contributed by atoms with Gasteiger partial charge in [-0.3, -0.25) is 9.59 Å². The van der Waals surface area contributed by atoms with Gasteiger partial charge in [-0.05, 0) is 30.7 Å². The molecule has 1 aromatic rings. The van der Waals surface area contributed by atoms with Crippen molar-refractivity contribution in [2.24, 2.45) is 5.92 Å². The maximum absolute atomic E-state index is 12.0. The number of carboxylic acids is 1. The molecule has 0 spiro atoms. The molecule has 0 bridgehead atoms. The van der Waals surface area contributed by atoms with Gasteiger partial charge < -0.3 is 10.4 Å². The first-order valence-corrected chi connectivity index (χ1v) is 8.90. The largest absolute Gasteiger partial charge is 0.481 e. The van der Waals surface area contributed by atoms with Crippen molar-refractivity contribution in [3.63, 3.8) is 0 Å². The summed E-state index contributed by atoms with van der Waals surface area (Å²) < 4.78 is 26.0. The van der Waals surface area contributed by atoms with Gasteiger partial charge >= 0.3 is 5.97 Å². The second-order valence-corrected chi connectivity index (χ2v) is 6.83. The van der Waals surface area contributed by atoms with Crippen molar-refractivity contribution >= 4 is 21.9 Å². The van der Waals surface area contributed by atoms with Crippen LogP contribution in [0.3, 0.4) is 0 Å². The summed E-state index contributed by atoms with van der Waals surface area (Å²) in [7, 11) is -3.56. The van der Waals surface area contributed by atoms with Crippen molar-refractivity contribution in [2.45, 2.75) is 31.6 Å². The van der Waals surface area contributed by atoms with Crippen molar-refractivity contribution in [3.8, 4) is 0 Å². The molecule has 7 nitrogen and oxygen atoms in total. The quantitative estimate of drug-likeness (QED) is 0.624. The number of benzene rings is 1. The number of carbonyl (C=O) groups is 2. The van der Waals surface area contributed by atoms with Gasteiger partial charge in [0.2, 0.25) is 10.0 Å². The van der Waals surface area contributed by atoms with Crippen LogP contribution >= 0.6 is 0 Å². The van der Waals surface area contributed by atoms with Crippen LogP contribution in [0.2, 0.25) is 0 Å². The molecule has 1 aromatic carbocycles. The molecule has 1 rings (SSSR count). The molecule has 1 unspecified atom stereocenters. The fourth-order valence-electron chi connectivity index (χ4n) is 2.04. The Hall–Kier alpha value is -1.93. The van der Waals surface area contributed by atoms with E-state index in [1.165, 1.54) is 24.3 Å². The van der Waals surface area contributed by atoms with Crippen LogP contribution in [0.1, 0.15) is 37.0 Å². The first-order chi connectivity index (χ1) is 10.8. The SMILES string of the molecule is CCCC(CNC(=O)c1ccc(S(=O)(=O)NCC)cc1)C(=O)O. The predicted molar refractivity (Wildman–Crippen MR) is 85.7 cm³/mol. The maximum atomic E-state index is 12.0. The van der Waals surface area contributed by atoms with E-state index in [0.717, 1.165) is 0 Å². The summed E-state index contributed by atoms with van der Waals surface area (Å²) in [4.78, 5) is 23.1. The number of carbonyl (C=O) groups excluding carboxylic acids is 1. The third-order valence-electron chi connectivity index (χ3n) is 3.26. The molecule has 8 heteroatoms. The number of hydrogen-bond acceptors (Lipinski definition) is 4. The maximum Gasteiger partial charge on any atom is 0.308 e. The van der Waals surface area contributed by atoms with Gasteiger partial charge in [-0.2, -0.15) is 0 Å². The normalized spacial score (nSPS) is 12.6. The van der Waals surface area contributed by atoms with Crippen molar-refractivity contribution in [1.29, 1.82) is 0 Å². The Balaban J connectivity index is 2.73. The number of nitrogens with one attached hydrogen (secondary N) is 2. The lowest BCUT2D eigenvalue weighted by Crippen LogP contribution is -2.33. The van der Waals surface area contributed by atoms with Gasteiger partial charge in [0.05, 0.1) is 10.8 Å². The second-order valence-electron chi connectivity index (χ2n) is 5.06. The van der Waals surface area contributed by atoms with E-state index < -0.39 is 27.8 Å². The molecule has 1 amide bonds. The molecular formula is C15H22N2O5S. The predicted octanol–water partition coefficient (Wildman–Crippen LogP) is 1.22. The Kier molecular flexibility index (Phi) is 7.18. The highest BCUT2D eigenvalue weighted by Gasteiger charge is 2.18. The first kappa shape index (κ1) is 19.1. The van der Waals surface area contributed by atoms with Crippen LogP contribution in [0, 0.1) is 5.92 Å². The zero-order valence-electron chi connectivity index (χ0n) is 13.2. The number of amides is 1. The number of sulfonamides is 1. The summed E-state index contributed by atoms with van der Waals surface area (Å²) in [6.07, 6.45) is 1.19. The van der Waals surface area contributed by atoms with E-state index in [0.29, 0.717) is 12.8 Å². The Labute approximate surface area is 136 Å². The number of aliphatic carboxylic acids is 1. The molecule has 0 aliphatic heterocycles. The third-order valence-corrected chi connectivity index (χ3v) is 4.82. The van der Waals surface area contributed by atoms with E-state index in [-0.39, 0.29) is 23.5 Å². The summed E-state index contributed by atoms with van der Waals surface area (Å²) >= 11 is 0. The number of hydrogen-bond donors (Lipinski definition) is 3.